The topological polar surface area (TPSA) is 49.0 Å². The van der Waals surface area contributed by atoms with Gasteiger partial charge >= 0.3 is 0 Å². The van der Waals surface area contributed by atoms with Gasteiger partial charge in [-0.05, 0) is 13.3 Å². The third-order valence-corrected chi connectivity index (χ3v) is 2.06. The largest absolute Gasteiger partial charge is 0.382 e. The highest BCUT2D eigenvalue weighted by Gasteiger charge is 1.91. The molecule has 0 aliphatic carbocycles. The van der Waals surface area contributed by atoms with E-state index in [4.69, 9.17) is 18.9 Å². The third kappa shape index (κ3) is 15.8. The van der Waals surface area contributed by atoms with Gasteiger partial charge in [0, 0.05) is 40.0 Å². The lowest BCUT2D eigenvalue weighted by Crippen LogP contribution is -2.24. The van der Waals surface area contributed by atoms with Crippen LogP contribution in [-0.4, -0.2) is 66.4 Å². The molecule has 1 N–H and O–H groups in total. The first-order chi connectivity index (χ1) is 8.41. The van der Waals surface area contributed by atoms with Crippen molar-refractivity contribution >= 4 is 0 Å². The van der Waals surface area contributed by atoms with Crippen LogP contribution in [0.1, 0.15) is 13.3 Å². The molecule has 0 heterocycles. The molecule has 0 spiro atoms. The second-order valence-corrected chi connectivity index (χ2v) is 3.52. The summed E-state index contributed by atoms with van der Waals surface area (Å²) >= 11 is 0. The van der Waals surface area contributed by atoms with E-state index in [9.17, 15) is 0 Å². The fourth-order valence-corrected chi connectivity index (χ4v) is 1.17. The second kappa shape index (κ2) is 15.8. The molecule has 104 valence electrons. The minimum atomic E-state index is 0.657. The Morgan fingerprint density at radius 2 is 1.41 bits per heavy atom. The van der Waals surface area contributed by atoms with E-state index in [1.54, 1.807) is 7.11 Å². The van der Waals surface area contributed by atoms with Gasteiger partial charge in [0.2, 0.25) is 0 Å². The standard InChI is InChI=1S/C12H27NO4/c1-3-15-9-5-13-6-10-16-7-4-8-17-12-11-14-2/h13H,3-12H2,1-2H3. The molecule has 17 heavy (non-hydrogen) atoms. The number of hydrogen-bond acceptors (Lipinski definition) is 5. The molecule has 0 atom stereocenters. The Bertz CT molecular complexity index is 122. The van der Waals surface area contributed by atoms with E-state index >= 15 is 0 Å². The van der Waals surface area contributed by atoms with Gasteiger partial charge in [0.05, 0.1) is 26.4 Å². The van der Waals surface area contributed by atoms with E-state index in [0.29, 0.717) is 13.2 Å². The zero-order valence-electron chi connectivity index (χ0n) is 11.2. The number of ether oxygens (including phenoxy) is 4. The predicted octanol–water partition coefficient (Wildman–Crippen LogP) is 0.682. The van der Waals surface area contributed by atoms with Crippen molar-refractivity contribution in [2.45, 2.75) is 13.3 Å². The van der Waals surface area contributed by atoms with Gasteiger partial charge in [-0.25, -0.2) is 0 Å². The highest BCUT2D eigenvalue weighted by molar-refractivity contribution is 4.45. The Kier molecular flexibility index (Phi) is 15.6. The minimum absolute atomic E-state index is 0.657. The zero-order valence-corrected chi connectivity index (χ0v) is 11.2. The van der Waals surface area contributed by atoms with E-state index in [-0.39, 0.29) is 0 Å². The van der Waals surface area contributed by atoms with Crippen LogP contribution in [0.5, 0.6) is 0 Å². The minimum Gasteiger partial charge on any atom is -0.382 e. The normalized spacial score (nSPS) is 10.9. The Balaban J connectivity index is 2.85. The molecule has 0 bridgehead atoms. The lowest BCUT2D eigenvalue weighted by molar-refractivity contribution is 0.0516. The number of rotatable bonds is 14. The molecule has 5 heteroatoms. The quantitative estimate of drug-likeness (QED) is 0.459. The SMILES string of the molecule is CCOCCNCCOCCCOCCOC. The van der Waals surface area contributed by atoms with Crippen LogP contribution in [-0.2, 0) is 18.9 Å². The van der Waals surface area contributed by atoms with Crippen LogP contribution in [0.4, 0.5) is 0 Å². The molecular weight excluding hydrogens is 222 g/mol. The average Bonchev–Trinajstić information content (AvgIpc) is 2.35. The molecule has 0 rings (SSSR count). The summed E-state index contributed by atoms with van der Waals surface area (Å²) < 4.78 is 20.8. The van der Waals surface area contributed by atoms with Gasteiger partial charge in [-0.2, -0.15) is 0 Å². The molecule has 0 radical (unpaired) electrons. The van der Waals surface area contributed by atoms with Crippen molar-refractivity contribution in [1.29, 1.82) is 0 Å². The molecule has 0 aromatic carbocycles. The smallest absolute Gasteiger partial charge is 0.0700 e. The summed E-state index contributed by atoms with van der Waals surface area (Å²) in [6.45, 7) is 8.85. The van der Waals surface area contributed by atoms with Crippen LogP contribution >= 0.6 is 0 Å². The Hall–Kier alpha value is -0.200. The number of nitrogens with one attached hydrogen (secondary N) is 1. The van der Waals surface area contributed by atoms with Crippen LogP contribution < -0.4 is 5.32 Å². The fraction of sp³-hybridized carbons (Fsp3) is 1.00. The van der Waals surface area contributed by atoms with Crippen molar-refractivity contribution in [2.24, 2.45) is 0 Å². The summed E-state index contributed by atoms with van der Waals surface area (Å²) in [6, 6.07) is 0. The Labute approximate surface area is 105 Å². The van der Waals surface area contributed by atoms with E-state index in [1.807, 2.05) is 6.92 Å². The zero-order chi connectivity index (χ0) is 12.6. The molecule has 0 aromatic rings. The van der Waals surface area contributed by atoms with Gasteiger partial charge in [-0.15, -0.1) is 0 Å². The van der Waals surface area contributed by atoms with Gasteiger partial charge in [0.15, 0.2) is 0 Å². The molecule has 0 amide bonds. The maximum atomic E-state index is 5.43. The van der Waals surface area contributed by atoms with Crippen molar-refractivity contribution < 1.29 is 18.9 Å². The van der Waals surface area contributed by atoms with Gasteiger partial charge < -0.3 is 24.3 Å². The number of methoxy groups -OCH3 is 1. The monoisotopic (exact) mass is 249 g/mol. The molecular formula is C12H27NO4. The number of hydrogen-bond donors (Lipinski definition) is 1. The first-order valence-electron chi connectivity index (χ1n) is 6.34. The molecule has 0 unspecified atom stereocenters. The van der Waals surface area contributed by atoms with Gasteiger partial charge in [-0.3, -0.25) is 0 Å². The van der Waals surface area contributed by atoms with Crippen LogP contribution in [0.15, 0.2) is 0 Å². The average molecular weight is 249 g/mol. The maximum absolute atomic E-state index is 5.43. The molecule has 0 aliphatic heterocycles. The first-order valence-corrected chi connectivity index (χ1v) is 6.34. The van der Waals surface area contributed by atoms with E-state index in [2.05, 4.69) is 5.32 Å². The van der Waals surface area contributed by atoms with Crippen molar-refractivity contribution in [2.75, 3.05) is 66.4 Å². The van der Waals surface area contributed by atoms with E-state index in [1.165, 1.54) is 0 Å². The van der Waals surface area contributed by atoms with Crippen molar-refractivity contribution in [3.8, 4) is 0 Å². The van der Waals surface area contributed by atoms with Crippen LogP contribution in [0.2, 0.25) is 0 Å². The summed E-state index contributed by atoms with van der Waals surface area (Å²) in [5, 5.41) is 3.24. The highest BCUT2D eigenvalue weighted by atomic mass is 16.5. The summed E-state index contributed by atoms with van der Waals surface area (Å²) in [7, 11) is 1.67. The van der Waals surface area contributed by atoms with Gasteiger partial charge in [-0.1, -0.05) is 0 Å². The van der Waals surface area contributed by atoms with Crippen LogP contribution in [0.3, 0.4) is 0 Å². The maximum Gasteiger partial charge on any atom is 0.0700 e. The fourth-order valence-electron chi connectivity index (χ4n) is 1.17. The molecule has 0 fully saturated rings. The van der Waals surface area contributed by atoms with Crippen LogP contribution in [0.25, 0.3) is 0 Å². The predicted molar refractivity (Wildman–Crippen MR) is 67.5 cm³/mol. The lowest BCUT2D eigenvalue weighted by atomic mass is 10.5. The van der Waals surface area contributed by atoms with Crippen molar-refractivity contribution in [1.82, 2.24) is 5.32 Å². The third-order valence-electron chi connectivity index (χ3n) is 2.06. The van der Waals surface area contributed by atoms with Gasteiger partial charge in [0.1, 0.15) is 0 Å². The van der Waals surface area contributed by atoms with E-state index in [0.717, 1.165) is 52.5 Å². The summed E-state index contributed by atoms with van der Waals surface area (Å²) in [5.41, 5.74) is 0. The van der Waals surface area contributed by atoms with Crippen LogP contribution in [0, 0.1) is 0 Å². The molecule has 0 saturated heterocycles. The highest BCUT2D eigenvalue weighted by Crippen LogP contribution is 1.85. The molecule has 0 saturated carbocycles. The first kappa shape index (κ1) is 16.8. The van der Waals surface area contributed by atoms with Crippen molar-refractivity contribution in [3.63, 3.8) is 0 Å². The summed E-state index contributed by atoms with van der Waals surface area (Å²) in [5.74, 6) is 0. The molecule has 0 aromatic heterocycles. The Morgan fingerprint density at radius 3 is 2.06 bits per heavy atom. The Morgan fingerprint density at radius 1 is 0.765 bits per heavy atom. The second-order valence-electron chi connectivity index (χ2n) is 3.52. The van der Waals surface area contributed by atoms with Gasteiger partial charge in [0.25, 0.3) is 0 Å². The summed E-state index contributed by atoms with van der Waals surface area (Å²) in [4.78, 5) is 0. The van der Waals surface area contributed by atoms with Crippen molar-refractivity contribution in [3.05, 3.63) is 0 Å². The summed E-state index contributed by atoms with van der Waals surface area (Å²) in [6.07, 6.45) is 0.933. The molecule has 0 aliphatic rings. The molecule has 5 nitrogen and oxygen atoms in total. The lowest BCUT2D eigenvalue weighted by Gasteiger charge is -2.06. The van der Waals surface area contributed by atoms with E-state index < -0.39 is 0 Å².